The summed E-state index contributed by atoms with van der Waals surface area (Å²) in [5, 5.41) is 9.76. The summed E-state index contributed by atoms with van der Waals surface area (Å²) in [6.45, 7) is -0.311. The van der Waals surface area contributed by atoms with Crippen molar-refractivity contribution in [1.82, 2.24) is 0 Å². The van der Waals surface area contributed by atoms with E-state index in [4.69, 9.17) is 16.3 Å². The highest BCUT2D eigenvalue weighted by molar-refractivity contribution is 7.80. The third-order valence-electron chi connectivity index (χ3n) is 2.68. The molecule has 114 valence electrons. The number of para-hydroxylation sites is 1. The van der Waals surface area contributed by atoms with E-state index in [1.165, 1.54) is 24.3 Å². The Balaban J connectivity index is 2.17. The van der Waals surface area contributed by atoms with Gasteiger partial charge in [0.05, 0.1) is 10.6 Å². The van der Waals surface area contributed by atoms with Crippen molar-refractivity contribution in [2.75, 3.05) is 0 Å². The van der Waals surface area contributed by atoms with Gasteiger partial charge in [0.2, 0.25) is 0 Å². The Hall–Kier alpha value is -2.25. The SMILES string of the molecule is O=C(Oc1ccccc1CO[N+](=O)[O-])c1ccc(Cl)c(S)c1. The van der Waals surface area contributed by atoms with Gasteiger partial charge >= 0.3 is 5.97 Å². The Bertz CT molecular complexity index is 722. The zero-order valence-electron chi connectivity index (χ0n) is 11.1. The van der Waals surface area contributed by atoms with E-state index in [0.717, 1.165) is 0 Å². The minimum absolute atomic E-state index is 0.185. The van der Waals surface area contributed by atoms with Crippen LogP contribution in [-0.4, -0.2) is 11.1 Å². The van der Waals surface area contributed by atoms with Gasteiger partial charge < -0.3 is 9.57 Å². The van der Waals surface area contributed by atoms with Gasteiger partial charge in [0.15, 0.2) is 0 Å². The Morgan fingerprint density at radius 1 is 1.27 bits per heavy atom. The van der Waals surface area contributed by atoms with E-state index in [9.17, 15) is 14.9 Å². The first-order valence-corrected chi connectivity index (χ1v) is 6.86. The van der Waals surface area contributed by atoms with Crippen molar-refractivity contribution in [3.05, 3.63) is 68.7 Å². The molecule has 0 aliphatic rings. The van der Waals surface area contributed by atoms with Crippen LogP contribution in [0.3, 0.4) is 0 Å². The lowest BCUT2D eigenvalue weighted by Gasteiger charge is -2.09. The second-order valence-electron chi connectivity index (χ2n) is 4.16. The molecule has 6 nitrogen and oxygen atoms in total. The molecular weight excluding hydrogens is 330 g/mol. The first kappa shape index (κ1) is 16.1. The van der Waals surface area contributed by atoms with Gasteiger partial charge in [-0.15, -0.1) is 22.7 Å². The quantitative estimate of drug-likeness (QED) is 0.296. The third kappa shape index (κ3) is 4.12. The Morgan fingerprint density at radius 2 is 2.00 bits per heavy atom. The van der Waals surface area contributed by atoms with Crippen LogP contribution in [0.2, 0.25) is 5.02 Å². The number of hydrogen-bond donors (Lipinski definition) is 1. The summed E-state index contributed by atoms with van der Waals surface area (Å²) in [4.78, 5) is 27.1. The summed E-state index contributed by atoms with van der Waals surface area (Å²) >= 11 is 9.96. The molecule has 0 radical (unpaired) electrons. The molecule has 0 amide bonds. The first-order valence-electron chi connectivity index (χ1n) is 6.03. The topological polar surface area (TPSA) is 78.7 Å². The number of hydrogen-bond acceptors (Lipinski definition) is 6. The number of benzene rings is 2. The number of esters is 1. The highest BCUT2D eigenvalue weighted by atomic mass is 35.5. The number of thiol groups is 1. The van der Waals surface area contributed by atoms with Gasteiger partial charge in [0.1, 0.15) is 12.4 Å². The van der Waals surface area contributed by atoms with E-state index in [-0.39, 0.29) is 17.9 Å². The predicted molar refractivity (Wildman–Crippen MR) is 81.9 cm³/mol. The van der Waals surface area contributed by atoms with Crippen molar-refractivity contribution >= 4 is 30.2 Å². The molecule has 0 aliphatic heterocycles. The molecular formula is C14H10ClNO5S. The lowest BCUT2D eigenvalue weighted by atomic mass is 10.2. The molecule has 0 heterocycles. The summed E-state index contributed by atoms with van der Waals surface area (Å²) in [5.41, 5.74) is 0.645. The largest absolute Gasteiger partial charge is 0.423 e. The maximum absolute atomic E-state index is 12.1. The van der Waals surface area contributed by atoms with Crippen LogP contribution in [0.15, 0.2) is 47.4 Å². The Kier molecular flexibility index (Phi) is 5.24. The van der Waals surface area contributed by atoms with Crippen LogP contribution in [0.25, 0.3) is 0 Å². The highest BCUT2D eigenvalue weighted by Crippen LogP contribution is 2.23. The summed E-state index contributed by atoms with van der Waals surface area (Å²) in [6, 6.07) is 10.9. The maximum atomic E-state index is 12.1. The van der Waals surface area contributed by atoms with Crippen molar-refractivity contribution in [3.63, 3.8) is 0 Å². The average Bonchev–Trinajstić information content (AvgIpc) is 2.49. The number of carbonyl (C=O) groups excluding carboxylic acids is 1. The van der Waals surface area contributed by atoms with E-state index in [2.05, 4.69) is 17.5 Å². The molecule has 0 unspecified atom stereocenters. The molecule has 0 N–H and O–H groups in total. The van der Waals surface area contributed by atoms with Gasteiger partial charge in [-0.25, -0.2) is 4.79 Å². The van der Waals surface area contributed by atoms with Gasteiger partial charge in [-0.05, 0) is 24.3 Å². The standard InChI is InChI=1S/C14H10ClNO5S/c15-11-6-5-9(7-13(11)22)14(17)21-12-4-2-1-3-10(12)8-20-16(18)19/h1-7,22H,8H2. The average molecular weight is 340 g/mol. The van der Waals surface area contributed by atoms with Crippen LogP contribution >= 0.6 is 24.2 Å². The molecule has 0 saturated heterocycles. The molecule has 2 rings (SSSR count). The molecule has 0 aliphatic carbocycles. The van der Waals surface area contributed by atoms with Crippen molar-refractivity contribution in [3.8, 4) is 5.75 Å². The van der Waals surface area contributed by atoms with Crippen molar-refractivity contribution < 1.29 is 19.5 Å². The lowest BCUT2D eigenvalue weighted by Crippen LogP contribution is -2.11. The molecule has 0 fully saturated rings. The number of ether oxygens (including phenoxy) is 1. The number of rotatable bonds is 5. The molecule has 0 saturated carbocycles. The van der Waals surface area contributed by atoms with Gasteiger partial charge in [0, 0.05) is 10.5 Å². The minimum atomic E-state index is -0.912. The number of nitrogens with zero attached hydrogens (tertiary/aromatic N) is 1. The fourth-order valence-electron chi connectivity index (χ4n) is 1.64. The summed E-state index contributed by atoms with van der Waals surface area (Å²) in [5.74, 6) is -0.439. The molecule has 2 aromatic rings. The summed E-state index contributed by atoms with van der Waals surface area (Å²) in [6.07, 6.45) is 0. The number of halogens is 1. The minimum Gasteiger partial charge on any atom is -0.423 e. The second kappa shape index (κ2) is 7.15. The Labute approximate surface area is 136 Å². The van der Waals surface area contributed by atoms with E-state index >= 15 is 0 Å². The van der Waals surface area contributed by atoms with Crippen LogP contribution in [0.4, 0.5) is 0 Å². The van der Waals surface area contributed by atoms with Crippen LogP contribution in [0, 0.1) is 10.1 Å². The third-order valence-corrected chi connectivity index (χ3v) is 3.51. The maximum Gasteiger partial charge on any atom is 0.343 e. The molecule has 0 aromatic heterocycles. The first-order chi connectivity index (χ1) is 10.5. The summed E-state index contributed by atoms with van der Waals surface area (Å²) < 4.78 is 5.24. The molecule has 0 atom stereocenters. The fraction of sp³-hybridized carbons (Fsp3) is 0.0714. The zero-order chi connectivity index (χ0) is 16.1. The normalized spacial score (nSPS) is 10.1. The second-order valence-corrected chi connectivity index (χ2v) is 5.05. The van der Waals surface area contributed by atoms with Gasteiger partial charge in [-0.2, -0.15) is 0 Å². The van der Waals surface area contributed by atoms with E-state index in [0.29, 0.717) is 15.5 Å². The molecule has 22 heavy (non-hydrogen) atoms. The zero-order valence-corrected chi connectivity index (χ0v) is 12.7. The molecule has 0 bridgehead atoms. The van der Waals surface area contributed by atoms with Crippen molar-refractivity contribution in [2.24, 2.45) is 0 Å². The lowest BCUT2D eigenvalue weighted by molar-refractivity contribution is -0.763. The van der Waals surface area contributed by atoms with E-state index in [1.807, 2.05) is 0 Å². The number of carbonyl (C=O) groups is 1. The summed E-state index contributed by atoms with van der Waals surface area (Å²) in [7, 11) is 0. The molecule has 2 aromatic carbocycles. The van der Waals surface area contributed by atoms with Crippen molar-refractivity contribution in [1.29, 1.82) is 0 Å². The van der Waals surface area contributed by atoms with Crippen LogP contribution in [0.1, 0.15) is 15.9 Å². The molecule has 0 spiro atoms. The smallest absolute Gasteiger partial charge is 0.343 e. The van der Waals surface area contributed by atoms with Gasteiger partial charge in [-0.1, -0.05) is 29.8 Å². The van der Waals surface area contributed by atoms with E-state index in [1.54, 1.807) is 18.2 Å². The van der Waals surface area contributed by atoms with Crippen LogP contribution in [-0.2, 0) is 11.4 Å². The van der Waals surface area contributed by atoms with Gasteiger partial charge in [0.25, 0.3) is 5.09 Å². The van der Waals surface area contributed by atoms with E-state index < -0.39 is 11.1 Å². The fourth-order valence-corrected chi connectivity index (χ4v) is 1.97. The van der Waals surface area contributed by atoms with Gasteiger partial charge in [-0.3, -0.25) is 0 Å². The Morgan fingerprint density at radius 3 is 2.68 bits per heavy atom. The molecule has 8 heteroatoms. The predicted octanol–water partition coefficient (Wildman–Crippen LogP) is 3.56. The monoisotopic (exact) mass is 339 g/mol. The highest BCUT2D eigenvalue weighted by Gasteiger charge is 2.13. The van der Waals surface area contributed by atoms with Crippen molar-refractivity contribution in [2.45, 2.75) is 11.5 Å². The van der Waals surface area contributed by atoms with Crippen LogP contribution in [0.5, 0.6) is 5.75 Å². The van der Waals surface area contributed by atoms with Crippen LogP contribution < -0.4 is 4.74 Å².